The van der Waals surface area contributed by atoms with Crippen LogP contribution in [0, 0.1) is 6.92 Å². The van der Waals surface area contributed by atoms with Crippen LogP contribution in [0.2, 0.25) is 0 Å². The Morgan fingerprint density at radius 2 is 2.19 bits per heavy atom. The maximum atomic E-state index is 12.0. The first kappa shape index (κ1) is 13.8. The topological polar surface area (TPSA) is 63.4 Å². The normalized spacial score (nSPS) is 11.4. The Balaban J connectivity index is 1.81. The van der Waals surface area contributed by atoms with Crippen LogP contribution >= 0.6 is 11.5 Å². The van der Waals surface area contributed by atoms with Crippen LogP contribution in [0.15, 0.2) is 35.3 Å². The summed E-state index contributed by atoms with van der Waals surface area (Å²) in [5, 5.41) is 4.00. The van der Waals surface area contributed by atoms with Gasteiger partial charge in [0.1, 0.15) is 5.65 Å². The molecular formula is C14H15N5OS. The molecule has 21 heavy (non-hydrogen) atoms. The zero-order chi connectivity index (χ0) is 14.8. The van der Waals surface area contributed by atoms with Gasteiger partial charge in [-0.15, -0.1) is 5.10 Å². The molecule has 3 aromatic rings. The molecule has 0 N–H and O–H groups in total. The number of rotatable bonds is 4. The summed E-state index contributed by atoms with van der Waals surface area (Å²) in [6.45, 7) is 3.31. The average molecular weight is 301 g/mol. The van der Waals surface area contributed by atoms with E-state index in [1.807, 2.05) is 32.2 Å². The molecule has 0 aliphatic rings. The Morgan fingerprint density at radius 3 is 2.95 bits per heavy atom. The van der Waals surface area contributed by atoms with Crippen molar-refractivity contribution in [3.8, 4) is 0 Å². The lowest BCUT2D eigenvalue weighted by Gasteiger charge is -2.15. The van der Waals surface area contributed by atoms with Gasteiger partial charge in [0, 0.05) is 25.4 Å². The van der Waals surface area contributed by atoms with Crippen LogP contribution in [0.25, 0.3) is 5.65 Å². The van der Waals surface area contributed by atoms with Gasteiger partial charge < -0.3 is 0 Å². The van der Waals surface area contributed by atoms with Gasteiger partial charge >= 0.3 is 0 Å². The molecule has 0 atom stereocenters. The van der Waals surface area contributed by atoms with Crippen LogP contribution in [0.3, 0.4) is 0 Å². The number of nitrogens with zero attached hydrogens (tertiary/aromatic N) is 5. The van der Waals surface area contributed by atoms with Crippen molar-refractivity contribution >= 4 is 17.2 Å². The number of aromatic nitrogens is 4. The van der Waals surface area contributed by atoms with Gasteiger partial charge in [-0.25, -0.2) is 4.98 Å². The van der Waals surface area contributed by atoms with Crippen LogP contribution in [-0.2, 0) is 13.1 Å². The minimum atomic E-state index is -0.0559. The summed E-state index contributed by atoms with van der Waals surface area (Å²) in [7, 11) is 1.99. The highest BCUT2D eigenvalue weighted by atomic mass is 32.1. The van der Waals surface area contributed by atoms with Crippen molar-refractivity contribution < 1.29 is 0 Å². The Morgan fingerprint density at radius 1 is 1.33 bits per heavy atom. The highest BCUT2D eigenvalue weighted by Crippen LogP contribution is 2.12. The first-order chi connectivity index (χ1) is 10.1. The van der Waals surface area contributed by atoms with E-state index in [0.29, 0.717) is 12.2 Å². The van der Waals surface area contributed by atoms with Crippen molar-refractivity contribution in [1.29, 1.82) is 0 Å². The van der Waals surface area contributed by atoms with E-state index < -0.39 is 0 Å². The van der Waals surface area contributed by atoms with E-state index in [4.69, 9.17) is 0 Å². The van der Waals surface area contributed by atoms with Gasteiger partial charge in [-0.2, -0.15) is 0 Å². The second kappa shape index (κ2) is 5.71. The fraction of sp³-hybridized carbons (Fsp3) is 0.286. The lowest BCUT2D eigenvalue weighted by molar-refractivity contribution is 0.317. The molecule has 0 aliphatic carbocycles. The lowest BCUT2D eigenvalue weighted by Crippen LogP contribution is -2.21. The largest absolute Gasteiger partial charge is 0.295 e. The SMILES string of the molecule is Cc1nnsc1CN(C)Cc1cc(=O)n2ccccc2n1. The Bertz CT molecular complexity index is 825. The maximum Gasteiger partial charge on any atom is 0.258 e. The van der Waals surface area contributed by atoms with E-state index in [1.165, 1.54) is 11.5 Å². The number of aryl methyl sites for hydroxylation is 1. The Kier molecular flexibility index (Phi) is 3.76. The van der Waals surface area contributed by atoms with Gasteiger partial charge in [0.15, 0.2) is 0 Å². The molecule has 6 nitrogen and oxygen atoms in total. The van der Waals surface area contributed by atoms with Crippen molar-refractivity contribution in [1.82, 2.24) is 23.9 Å². The van der Waals surface area contributed by atoms with E-state index in [1.54, 1.807) is 16.7 Å². The van der Waals surface area contributed by atoms with Gasteiger partial charge in [0.25, 0.3) is 5.56 Å². The Labute approximate surface area is 125 Å². The second-order valence-electron chi connectivity index (χ2n) is 4.97. The molecule has 0 aromatic carbocycles. The molecule has 3 aromatic heterocycles. The summed E-state index contributed by atoms with van der Waals surface area (Å²) in [5.41, 5.74) is 2.34. The Hall–Kier alpha value is -2.12. The smallest absolute Gasteiger partial charge is 0.258 e. The van der Waals surface area contributed by atoms with E-state index >= 15 is 0 Å². The molecule has 108 valence electrons. The number of fused-ring (bicyclic) bond motifs is 1. The average Bonchev–Trinajstić information content (AvgIpc) is 2.84. The maximum absolute atomic E-state index is 12.0. The van der Waals surface area contributed by atoms with Crippen LogP contribution in [0.4, 0.5) is 0 Å². The monoisotopic (exact) mass is 301 g/mol. The van der Waals surface area contributed by atoms with Crippen molar-refractivity contribution in [2.24, 2.45) is 0 Å². The van der Waals surface area contributed by atoms with Crippen LogP contribution in [-0.4, -0.2) is 30.9 Å². The third-order valence-electron chi connectivity index (χ3n) is 3.21. The van der Waals surface area contributed by atoms with Gasteiger partial charge in [-0.1, -0.05) is 10.6 Å². The standard InChI is InChI=1S/C14H15N5OS/c1-10-12(21-17-16-10)9-18(2)8-11-7-14(20)19-6-4-3-5-13(19)15-11/h3-7H,8-9H2,1-2H3. The van der Waals surface area contributed by atoms with Crippen LogP contribution in [0.1, 0.15) is 16.3 Å². The van der Waals surface area contributed by atoms with E-state index in [-0.39, 0.29) is 5.56 Å². The molecular weight excluding hydrogens is 286 g/mol. The molecule has 3 heterocycles. The zero-order valence-electron chi connectivity index (χ0n) is 11.9. The molecule has 0 aliphatic heterocycles. The summed E-state index contributed by atoms with van der Waals surface area (Å²) >= 11 is 1.41. The summed E-state index contributed by atoms with van der Waals surface area (Å²) in [5.74, 6) is 0. The van der Waals surface area contributed by atoms with Gasteiger partial charge in [0.05, 0.1) is 16.3 Å². The van der Waals surface area contributed by atoms with Crippen molar-refractivity contribution in [2.75, 3.05) is 7.05 Å². The molecule has 0 saturated carbocycles. The van der Waals surface area contributed by atoms with E-state index in [9.17, 15) is 4.79 Å². The third kappa shape index (κ3) is 2.98. The molecule has 0 saturated heterocycles. The molecule has 7 heteroatoms. The first-order valence-corrected chi connectivity index (χ1v) is 7.34. The van der Waals surface area contributed by atoms with Crippen molar-refractivity contribution in [3.05, 3.63) is 57.1 Å². The molecule has 0 bridgehead atoms. The van der Waals surface area contributed by atoms with Crippen LogP contribution in [0.5, 0.6) is 0 Å². The summed E-state index contributed by atoms with van der Waals surface area (Å²) < 4.78 is 5.48. The van der Waals surface area contributed by atoms with Crippen molar-refractivity contribution in [2.45, 2.75) is 20.0 Å². The third-order valence-corrected chi connectivity index (χ3v) is 4.02. The van der Waals surface area contributed by atoms with Crippen LogP contribution < -0.4 is 5.56 Å². The molecule has 0 spiro atoms. The highest BCUT2D eigenvalue weighted by Gasteiger charge is 2.09. The number of hydrogen-bond acceptors (Lipinski definition) is 6. The molecule has 0 unspecified atom stereocenters. The van der Waals surface area contributed by atoms with Gasteiger partial charge in [-0.3, -0.25) is 14.1 Å². The summed E-state index contributed by atoms with van der Waals surface area (Å²) in [6, 6.07) is 7.12. The predicted molar refractivity (Wildman–Crippen MR) is 81.3 cm³/mol. The molecule has 0 amide bonds. The quantitative estimate of drug-likeness (QED) is 0.730. The van der Waals surface area contributed by atoms with E-state index in [0.717, 1.165) is 22.8 Å². The predicted octanol–water partition coefficient (Wildman–Crippen LogP) is 1.49. The molecule has 0 radical (unpaired) electrons. The second-order valence-corrected chi connectivity index (χ2v) is 5.81. The van der Waals surface area contributed by atoms with Gasteiger partial charge in [-0.05, 0) is 37.6 Å². The fourth-order valence-corrected chi connectivity index (χ4v) is 2.87. The highest BCUT2D eigenvalue weighted by molar-refractivity contribution is 7.05. The first-order valence-electron chi connectivity index (χ1n) is 6.57. The lowest BCUT2D eigenvalue weighted by atomic mass is 10.3. The molecule has 0 fully saturated rings. The minimum Gasteiger partial charge on any atom is -0.295 e. The number of pyridine rings is 1. The van der Waals surface area contributed by atoms with E-state index in [2.05, 4.69) is 19.5 Å². The fourth-order valence-electron chi connectivity index (χ4n) is 2.16. The zero-order valence-corrected chi connectivity index (χ0v) is 12.7. The minimum absolute atomic E-state index is 0.0559. The summed E-state index contributed by atoms with van der Waals surface area (Å²) in [6.07, 6.45) is 1.73. The van der Waals surface area contributed by atoms with Crippen molar-refractivity contribution in [3.63, 3.8) is 0 Å². The molecule has 3 rings (SSSR count). The van der Waals surface area contributed by atoms with Gasteiger partial charge in [0.2, 0.25) is 0 Å². The number of hydrogen-bond donors (Lipinski definition) is 0. The summed E-state index contributed by atoms with van der Waals surface area (Å²) in [4.78, 5) is 19.8.